The molecule has 2 aromatic carbocycles. The molecular formula is C26H28N6O4S. The number of imide groups is 1. The first-order valence-electron chi connectivity index (χ1n) is 12.1. The lowest BCUT2D eigenvalue weighted by Crippen LogP contribution is -2.49. The van der Waals surface area contributed by atoms with E-state index in [0.29, 0.717) is 43.5 Å². The zero-order valence-corrected chi connectivity index (χ0v) is 21.5. The molecule has 0 radical (unpaired) electrons. The number of nitrogens with one attached hydrogen (secondary N) is 1. The maximum atomic E-state index is 13.3. The summed E-state index contributed by atoms with van der Waals surface area (Å²) in [5, 5.41) is 3.31. The summed E-state index contributed by atoms with van der Waals surface area (Å²) in [5.74, 6) is 1.50. The molecule has 2 aliphatic rings. The molecule has 10 nitrogen and oxygen atoms in total. The van der Waals surface area contributed by atoms with Gasteiger partial charge < -0.3 is 10.2 Å². The van der Waals surface area contributed by atoms with Crippen LogP contribution in [0.15, 0.2) is 59.5 Å². The molecule has 3 aromatic rings. The standard InChI is InChI=1S/C26H28N6O4S/c1-18-3-5-20(6-4-18)29-23-17-24(28-19(2)27-23)30-13-15-31(16-14-30)37(35,36)22-9-7-21(8-10-22)32-25(33)11-12-26(32)34/h3-10,17H,11-16H2,1-2H3,(H,27,28,29). The predicted molar refractivity (Wildman–Crippen MR) is 140 cm³/mol. The molecule has 0 atom stereocenters. The van der Waals surface area contributed by atoms with E-state index in [4.69, 9.17) is 0 Å². The van der Waals surface area contributed by atoms with E-state index in [2.05, 4.69) is 20.2 Å². The Bertz CT molecular complexity index is 1420. The first-order chi connectivity index (χ1) is 17.7. The van der Waals surface area contributed by atoms with Crippen molar-refractivity contribution in [2.24, 2.45) is 0 Å². The number of carbonyl (C=O) groups excluding carboxylic acids is 2. The summed E-state index contributed by atoms with van der Waals surface area (Å²) < 4.78 is 28.0. The number of piperazine rings is 1. The third-order valence-corrected chi connectivity index (χ3v) is 8.41. The van der Waals surface area contributed by atoms with Crippen LogP contribution in [0.2, 0.25) is 0 Å². The van der Waals surface area contributed by atoms with Gasteiger partial charge in [0.25, 0.3) is 0 Å². The van der Waals surface area contributed by atoms with Gasteiger partial charge in [-0.1, -0.05) is 17.7 Å². The Morgan fingerprint density at radius 1 is 0.811 bits per heavy atom. The van der Waals surface area contributed by atoms with Gasteiger partial charge in [0, 0.05) is 50.8 Å². The Labute approximate surface area is 216 Å². The summed E-state index contributed by atoms with van der Waals surface area (Å²) >= 11 is 0. The molecule has 2 saturated heterocycles. The monoisotopic (exact) mass is 520 g/mol. The van der Waals surface area contributed by atoms with Gasteiger partial charge in [-0.25, -0.2) is 18.4 Å². The van der Waals surface area contributed by atoms with Gasteiger partial charge in [0.05, 0.1) is 10.6 Å². The minimum absolute atomic E-state index is 0.131. The number of aromatic nitrogens is 2. The fraction of sp³-hybridized carbons (Fsp3) is 0.308. The van der Waals surface area contributed by atoms with E-state index >= 15 is 0 Å². The van der Waals surface area contributed by atoms with Crippen LogP contribution in [0.1, 0.15) is 24.2 Å². The number of hydrogen-bond donors (Lipinski definition) is 1. The van der Waals surface area contributed by atoms with Crippen LogP contribution < -0.4 is 15.1 Å². The van der Waals surface area contributed by atoms with Crippen LogP contribution in [0.5, 0.6) is 0 Å². The highest BCUT2D eigenvalue weighted by Crippen LogP contribution is 2.27. The van der Waals surface area contributed by atoms with Crippen LogP contribution in [0.3, 0.4) is 0 Å². The molecule has 192 valence electrons. The minimum Gasteiger partial charge on any atom is -0.354 e. The lowest BCUT2D eigenvalue weighted by molar-refractivity contribution is -0.121. The number of carbonyl (C=O) groups is 2. The lowest BCUT2D eigenvalue weighted by atomic mass is 10.2. The van der Waals surface area contributed by atoms with Gasteiger partial charge in [0.1, 0.15) is 17.5 Å². The fourth-order valence-electron chi connectivity index (χ4n) is 4.50. The smallest absolute Gasteiger partial charge is 0.243 e. The molecule has 2 fully saturated rings. The zero-order valence-electron chi connectivity index (χ0n) is 20.7. The molecular weight excluding hydrogens is 492 g/mol. The number of sulfonamides is 1. The van der Waals surface area contributed by atoms with Crippen molar-refractivity contribution >= 4 is 44.8 Å². The molecule has 0 aliphatic carbocycles. The van der Waals surface area contributed by atoms with Gasteiger partial charge >= 0.3 is 0 Å². The number of anilines is 4. The molecule has 11 heteroatoms. The normalized spacial score (nSPS) is 16.9. The predicted octanol–water partition coefficient (Wildman–Crippen LogP) is 3.00. The third-order valence-electron chi connectivity index (χ3n) is 6.50. The Kier molecular flexibility index (Phi) is 6.65. The third kappa shape index (κ3) is 5.18. The van der Waals surface area contributed by atoms with Gasteiger partial charge in [-0.05, 0) is 50.2 Å². The Balaban J connectivity index is 1.26. The molecule has 0 unspecified atom stereocenters. The molecule has 0 spiro atoms. The first kappa shape index (κ1) is 24.8. The van der Waals surface area contributed by atoms with Crippen molar-refractivity contribution in [3.8, 4) is 0 Å². The summed E-state index contributed by atoms with van der Waals surface area (Å²) in [6, 6.07) is 15.8. The minimum atomic E-state index is -3.72. The highest BCUT2D eigenvalue weighted by atomic mass is 32.2. The summed E-state index contributed by atoms with van der Waals surface area (Å²) in [6.45, 7) is 5.43. The van der Waals surface area contributed by atoms with Crippen molar-refractivity contribution in [2.45, 2.75) is 31.6 Å². The number of aryl methyl sites for hydroxylation is 2. The van der Waals surface area contributed by atoms with Gasteiger partial charge in [0.15, 0.2) is 0 Å². The summed E-state index contributed by atoms with van der Waals surface area (Å²) in [7, 11) is -3.72. The Morgan fingerprint density at radius 3 is 2.05 bits per heavy atom. The van der Waals surface area contributed by atoms with Gasteiger partial charge in [-0.15, -0.1) is 0 Å². The Hall–Kier alpha value is -3.83. The fourth-order valence-corrected chi connectivity index (χ4v) is 5.92. The van der Waals surface area contributed by atoms with E-state index in [1.54, 1.807) is 0 Å². The van der Waals surface area contributed by atoms with Crippen LogP contribution in [0.4, 0.5) is 23.0 Å². The summed E-state index contributed by atoms with van der Waals surface area (Å²) in [4.78, 5) is 36.3. The molecule has 2 aliphatic heterocycles. The average molecular weight is 521 g/mol. The molecule has 1 N–H and O–H groups in total. The van der Waals surface area contributed by atoms with Crippen molar-refractivity contribution in [2.75, 3.05) is 41.3 Å². The number of amides is 2. The number of rotatable bonds is 6. The summed E-state index contributed by atoms with van der Waals surface area (Å²) in [6.07, 6.45) is 0.358. The largest absolute Gasteiger partial charge is 0.354 e. The zero-order chi connectivity index (χ0) is 26.2. The molecule has 2 amide bonds. The van der Waals surface area contributed by atoms with Crippen molar-refractivity contribution in [1.82, 2.24) is 14.3 Å². The van der Waals surface area contributed by atoms with Gasteiger partial charge in [-0.2, -0.15) is 4.31 Å². The van der Waals surface area contributed by atoms with Crippen LogP contribution in [0, 0.1) is 13.8 Å². The van der Waals surface area contributed by atoms with Gasteiger partial charge in [-0.3, -0.25) is 14.5 Å². The van der Waals surface area contributed by atoms with Crippen molar-refractivity contribution in [3.05, 3.63) is 66.0 Å². The molecule has 3 heterocycles. The van der Waals surface area contributed by atoms with Crippen molar-refractivity contribution in [1.29, 1.82) is 0 Å². The van der Waals surface area contributed by atoms with Gasteiger partial charge in [0.2, 0.25) is 21.8 Å². The highest BCUT2D eigenvalue weighted by molar-refractivity contribution is 7.89. The summed E-state index contributed by atoms with van der Waals surface area (Å²) in [5.41, 5.74) is 2.49. The van der Waals surface area contributed by atoms with E-state index in [9.17, 15) is 18.0 Å². The SMILES string of the molecule is Cc1ccc(Nc2cc(N3CCN(S(=O)(=O)c4ccc(N5C(=O)CCC5=O)cc4)CC3)nc(C)n2)cc1. The van der Waals surface area contributed by atoms with E-state index in [1.165, 1.54) is 34.1 Å². The second kappa shape index (κ2) is 9.91. The molecule has 37 heavy (non-hydrogen) atoms. The van der Waals surface area contributed by atoms with Crippen LogP contribution in [-0.2, 0) is 19.6 Å². The quantitative estimate of drug-likeness (QED) is 0.493. The van der Waals surface area contributed by atoms with Crippen LogP contribution in [0.25, 0.3) is 0 Å². The maximum Gasteiger partial charge on any atom is 0.243 e. The highest BCUT2D eigenvalue weighted by Gasteiger charge is 2.32. The van der Waals surface area contributed by atoms with E-state index < -0.39 is 10.0 Å². The average Bonchev–Trinajstić information content (AvgIpc) is 3.23. The second-order valence-electron chi connectivity index (χ2n) is 9.16. The second-order valence-corrected chi connectivity index (χ2v) is 11.1. The molecule has 1 aromatic heterocycles. The molecule has 0 saturated carbocycles. The van der Waals surface area contributed by atoms with Crippen LogP contribution in [-0.4, -0.2) is 60.7 Å². The number of benzene rings is 2. The Morgan fingerprint density at radius 2 is 1.43 bits per heavy atom. The number of hydrogen-bond acceptors (Lipinski definition) is 8. The topological polar surface area (TPSA) is 116 Å². The molecule has 0 bridgehead atoms. The maximum absolute atomic E-state index is 13.3. The van der Waals surface area contributed by atoms with Crippen molar-refractivity contribution in [3.63, 3.8) is 0 Å². The molecule has 5 rings (SSSR count). The van der Waals surface area contributed by atoms with Crippen LogP contribution >= 0.6 is 0 Å². The van der Waals surface area contributed by atoms with E-state index in [-0.39, 0.29) is 29.6 Å². The first-order valence-corrected chi connectivity index (χ1v) is 13.5. The van der Waals surface area contributed by atoms with Crippen molar-refractivity contribution < 1.29 is 18.0 Å². The number of nitrogens with zero attached hydrogens (tertiary/aromatic N) is 5. The lowest BCUT2D eigenvalue weighted by Gasteiger charge is -2.34. The van der Waals surface area contributed by atoms with E-state index in [0.717, 1.165) is 16.4 Å². The van der Waals surface area contributed by atoms with E-state index in [1.807, 2.05) is 44.2 Å².